The summed E-state index contributed by atoms with van der Waals surface area (Å²) in [7, 11) is 0. The van der Waals surface area contributed by atoms with Gasteiger partial charge in [-0.15, -0.1) is 11.8 Å². The second kappa shape index (κ2) is 6.84. The van der Waals surface area contributed by atoms with E-state index in [9.17, 15) is 4.79 Å². The largest absolute Gasteiger partial charge is 0.318 e. The van der Waals surface area contributed by atoms with E-state index in [1.165, 1.54) is 10.5 Å². The fraction of sp³-hybridized carbons (Fsp3) is 0.588. The van der Waals surface area contributed by atoms with Gasteiger partial charge in [0.25, 0.3) is 0 Å². The van der Waals surface area contributed by atoms with Gasteiger partial charge in [0.1, 0.15) is 6.17 Å². The minimum Gasteiger partial charge on any atom is -0.318 e. The molecule has 0 saturated carbocycles. The number of nitrogens with zero attached hydrogens (tertiary/aromatic N) is 1. The Morgan fingerprint density at radius 2 is 1.90 bits per heavy atom. The van der Waals surface area contributed by atoms with Crippen LogP contribution >= 0.6 is 11.8 Å². The van der Waals surface area contributed by atoms with Crippen LogP contribution in [0.15, 0.2) is 29.2 Å². The predicted octanol–water partition coefficient (Wildman–Crippen LogP) is 3.66. The standard InChI is InChI=1S/C17H26N2OS/c1-6-15(11(2)3)19-16(18-12(4)17(19)20)13-7-9-14(21-5)10-8-13/h7-12,15-16,18H,6H2,1-5H3. The van der Waals surface area contributed by atoms with E-state index in [1.54, 1.807) is 11.8 Å². The van der Waals surface area contributed by atoms with Crippen LogP contribution in [0.3, 0.4) is 0 Å². The highest BCUT2D eigenvalue weighted by Gasteiger charge is 2.41. The van der Waals surface area contributed by atoms with Gasteiger partial charge in [-0.2, -0.15) is 0 Å². The molecule has 1 aromatic rings. The molecule has 0 bridgehead atoms. The molecule has 1 aliphatic heterocycles. The molecule has 4 heteroatoms. The first-order valence-electron chi connectivity index (χ1n) is 7.71. The molecule has 3 nitrogen and oxygen atoms in total. The number of nitrogens with one attached hydrogen (secondary N) is 1. The van der Waals surface area contributed by atoms with Crippen molar-refractivity contribution < 1.29 is 4.79 Å². The Morgan fingerprint density at radius 1 is 1.29 bits per heavy atom. The highest BCUT2D eigenvalue weighted by atomic mass is 32.2. The molecule has 0 spiro atoms. The summed E-state index contributed by atoms with van der Waals surface area (Å²) in [6.45, 7) is 8.50. The van der Waals surface area contributed by atoms with Crippen molar-refractivity contribution in [1.82, 2.24) is 10.2 Å². The first-order chi connectivity index (χ1) is 9.99. The molecule has 3 atom stereocenters. The van der Waals surface area contributed by atoms with Crippen molar-refractivity contribution in [1.29, 1.82) is 0 Å². The summed E-state index contributed by atoms with van der Waals surface area (Å²) in [5, 5.41) is 3.45. The Kier molecular flexibility index (Phi) is 5.33. The first-order valence-corrected chi connectivity index (χ1v) is 8.94. The number of hydrogen-bond acceptors (Lipinski definition) is 3. The number of benzene rings is 1. The van der Waals surface area contributed by atoms with Crippen molar-refractivity contribution in [2.24, 2.45) is 5.92 Å². The molecule has 1 aromatic carbocycles. The highest BCUT2D eigenvalue weighted by molar-refractivity contribution is 7.98. The molecule has 1 fully saturated rings. The summed E-state index contributed by atoms with van der Waals surface area (Å²) < 4.78 is 0. The van der Waals surface area contributed by atoms with Crippen LogP contribution in [0.4, 0.5) is 0 Å². The SMILES string of the molecule is CCC(C(C)C)N1C(=O)C(C)NC1c1ccc(SC)cc1. The van der Waals surface area contributed by atoms with Crippen molar-refractivity contribution in [3.8, 4) is 0 Å². The zero-order valence-corrected chi connectivity index (χ0v) is 14.4. The molecule has 1 aliphatic rings. The number of thioether (sulfide) groups is 1. The van der Waals surface area contributed by atoms with E-state index in [0.717, 1.165) is 6.42 Å². The Morgan fingerprint density at radius 3 is 2.38 bits per heavy atom. The summed E-state index contributed by atoms with van der Waals surface area (Å²) in [6.07, 6.45) is 3.06. The Balaban J connectivity index is 2.32. The molecule has 116 valence electrons. The van der Waals surface area contributed by atoms with Crippen molar-refractivity contribution in [2.45, 2.75) is 57.3 Å². The van der Waals surface area contributed by atoms with Gasteiger partial charge in [0, 0.05) is 10.9 Å². The van der Waals surface area contributed by atoms with Crippen LogP contribution in [-0.4, -0.2) is 29.1 Å². The molecule has 0 radical (unpaired) electrons. The van der Waals surface area contributed by atoms with Crippen LogP contribution in [0, 0.1) is 5.92 Å². The lowest BCUT2D eigenvalue weighted by atomic mass is 9.98. The second-order valence-electron chi connectivity index (χ2n) is 6.03. The van der Waals surface area contributed by atoms with Crippen molar-refractivity contribution in [3.05, 3.63) is 29.8 Å². The van der Waals surface area contributed by atoms with E-state index in [4.69, 9.17) is 0 Å². The lowest BCUT2D eigenvalue weighted by Gasteiger charge is -2.35. The predicted molar refractivity (Wildman–Crippen MR) is 89.3 cm³/mol. The van der Waals surface area contributed by atoms with Crippen molar-refractivity contribution in [2.75, 3.05) is 6.26 Å². The number of carbonyl (C=O) groups is 1. The van der Waals surface area contributed by atoms with Gasteiger partial charge in [-0.1, -0.05) is 32.9 Å². The van der Waals surface area contributed by atoms with Gasteiger partial charge in [0.05, 0.1) is 6.04 Å². The Hall–Kier alpha value is -1.00. The Bertz CT molecular complexity index is 486. The third kappa shape index (κ3) is 3.27. The zero-order valence-electron chi connectivity index (χ0n) is 13.6. The van der Waals surface area contributed by atoms with Gasteiger partial charge in [-0.3, -0.25) is 10.1 Å². The summed E-state index contributed by atoms with van der Waals surface area (Å²) in [5.74, 6) is 0.675. The quantitative estimate of drug-likeness (QED) is 0.843. The van der Waals surface area contributed by atoms with Crippen molar-refractivity contribution >= 4 is 17.7 Å². The number of rotatable bonds is 5. The van der Waals surface area contributed by atoms with Crippen LogP contribution in [-0.2, 0) is 4.79 Å². The maximum absolute atomic E-state index is 12.6. The topological polar surface area (TPSA) is 32.3 Å². The molecule has 21 heavy (non-hydrogen) atoms. The van der Waals surface area contributed by atoms with Crippen LogP contribution in [0.2, 0.25) is 0 Å². The van der Waals surface area contributed by atoms with E-state index in [-0.39, 0.29) is 24.2 Å². The molecule has 2 rings (SSSR count). The molecule has 1 heterocycles. The van der Waals surface area contributed by atoms with Crippen LogP contribution < -0.4 is 5.32 Å². The normalized spacial score (nSPS) is 23.9. The van der Waals surface area contributed by atoms with E-state index < -0.39 is 0 Å². The van der Waals surface area contributed by atoms with Crippen LogP contribution in [0.5, 0.6) is 0 Å². The van der Waals surface area contributed by atoms with Crippen LogP contribution in [0.1, 0.15) is 45.8 Å². The van der Waals surface area contributed by atoms with Gasteiger partial charge in [0.15, 0.2) is 0 Å². The fourth-order valence-electron chi connectivity index (χ4n) is 3.13. The average molecular weight is 306 g/mol. The van der Waals surface area contributed by atoms with Gasteiger partial charge >= 0.3 is 0 Å². The minimum atomic E-state index is -0.108. The molecule has 1 saturated heterocycles. The second-order valence-corrected chi connectivity index (χ2v) is 6.91. The van der Waals surface area contributed by atoms with Gasteiger partial charge in [0.2, 0.25) is 5.91 Å². The Labute approximate surface area is 132 Å². The third-order valence-electron chi connectivity index (χ3n) is 4.29. The molecular formula is C17H26N2OS. The maximum atomic E-state index is 12.6. The smallest absolute Gasteiger partial charge is 0.241 e. The van der Waals surface area contributed by atoms with E-state index in [1.807, 2.05) is 6.92 Å². The molecular weight excluding hydrogens is 280 g/mol. The summed E-state index contributed by atoms with van der Waals surface area (Å²) >= 11 is 1.74. The fourth-order valence-corrected chi connectivity index (χ4v) is 3.53. The van der Waals surface area contributed by atoms with Gasteiger partial charge in [-0.25, -0.2) is 0 Å². The molecule has 0 aliphatic carbocycles. The average Bonchev–Trinajstić information content (AvgIpc) is 2.76. The summed E-state index contributed by atoms with van der Waals surface area (Å²) in [4.78, 5) is 15.9. The lowest BCUT2D eigenvalue weighted by Crippen LogP contribution is -2.42. The molecule has 1 amide bonds. The third-order valence-corrected chi connectivity index (χ3v) is 5.03. The first kappa shape index (κ1) is 16.4. The zero-order chi connectivity index (χ0) is 15.6. The van der Waals surface area contributed by atoms with Crippen molar-refractivity contribution in [3.63, 3.8) is 0 Å². The molecule has 1 N–H and O–H groups in total. The number of carbonyl (C=O) groups excluding carboxylic acids is 1. The summed E-state index contributed by atoms with van der Waals surface area (Å²) in [5.41, 5.74) is 1.17. The van der Waals surface area contributed by atoms with Crippen LogP contribution in [0.25, 0.3) is 0 Å². The maximum Gasteiger partial charge on any atom is 0.241 e. The van der Waals surface area contributed by atoms with Gasteiger partial charge in [-0.05, 0) is 43.2 Å². The highest BCUT2D eigenvalue weighted by Crippen LogP contribution is 2.32. The van der Waals surface area contributed by atoms with Gasteiger partial charge < -0.3 is 4.90 Å². The van der Waals surface area contributed by atoms with E-state index in [0.29, 0.717) is 5.92 Å². The molecule has 3 unspecified atom stereocenters. The van der Waals surface area contributed by atoms with E-state index in [2.05, 4.69) is 61.5 Å². The number of amides is 1. The molecule has 0 aromatic heterocycles. The number of hydrogen-bond donors (Lipinski definition) is 1. The lowest BCUT2D eigenvalue weighted by molar-refractivity contribution is -0.133. The summed E-state index contributed by atoms with van der Waals surface area (Å²) in [6, 6.07) is 8.69. The minimum absolute atomic E-state index is 0.00393. The monoisotopic (exact) mass is 306 g/mol. The van der Waals surface area contributed by atoms with E-state index >= 15 is 0 Å².